The molecule has 0 unspecified atom stereocenters. The van der Waals surface area contributed by atoms with Crippen molar-refractivity contribution < 1.29 is 34.8 Å². The summed E-state index contributed by atoms with van der Waals surface area (Å²) >= 11 is 0. The third-order valence-electron chi connectivity index (χ3n) is 7.75. The number of sulfonamides is 2. The molecule has 3 aromatic carbocycles. The van der Waals surface area contributed by atoms with Gasteiger partial charge in [0.25, 0.3) is 5.91 Å². The highest BCUT2D eigenvalue weighted by atomic mass is 32.2. The summed E-state index contributed by atoms with van der Waals surface area (Å²) in [4.78, 5) is 13.1. The Bertz CT molecular complexity index is 1910. The molecule has 0 radical (unpaired) electrons. The second-order valence-electron chi connectivity index (χ2n) is 10.6. The van der Waals surface area contributed by atoms with Crippen LogP contribution in [0.4, 0.5) is 14.5 Å². The number of carbonyl (C=O) groups is 1. The Kier molecular flexibility index (Phi) is 8.34. The van der Waals surface area contributed by atoms with Gasteiger partial charge in [-0.3, -0.25) is 9.10 Å². The largest absolute Gasteiger partial charge is 0.455 e. The number of hydrogen-bond acceptors (Lipinski definition) is 6. The van der Waals surface area contributed by atoms with Crippen molar-refractivity contribution in [3.8, 4) is 11.3 Å². The molecule has 1 aromatic heterocycles. The molecule has 1 aliphatic heterocycles. The van der Waals surface area contributed by atoms with Gasteiger partial charge in [0.1, 0.15) is 23.0 Å². The van der Waals surface area contributed by atoms with E-state index in [0.29, 0.717) is 29.4 Å². The number of anilines is 1. The Balaban J connectivity index is 1.64. The van der Waals surface area contributed by atoms with E-state index in [1.54, 1.807) is 12.1 Å². The lowest BCUT2D eigenvalue weighted by atomic mass is 9.89. The fourth-order valence-electron chi connectivity index (χ4n) is 5.43. The van der Waals surface area contributed by atoms with E-state index >= 15 is 0 Å². The molecule has 1 fully saturated rings. The highest BCUT2D eigenvalue weighted by Gasteiger charge is 2.34. The molecule has 1 N–H and O–H groups in total. The fraction of sp³-hybridized carbons (Fsp3) is 0.300. The highest BCUT2D eigenvalue weighted by Crippen LogP contribution is 2.42. The predicted molar refractivity (Wildman–Crippen MR) is 161 cm³/mol. The molecular weight excluding hydrogens is 600 g/mol. The number of amides is 1. The lowest BCUT2D eigenvalue weighted by molar-refractivity contribution is 0.0964. The van der Waals surface area contributed by atoms with Crippen LogP contribution in [0.3, 0.4) is 0 Å². The standard InChI is InChI=1S/C30H31F2N3O6S2/c1-33-30(36)28-24-15-23(20-8-6-14-35(17-20)43(39,40)18-21-7-4-5-9-25(21)32)26(34(2)42(3,37)38)16-27(24)41-29(28)19-10-12-22(31)13-11-19/h4-5,7,9-13,15-16,20H,6,8,14,17-18H2,1-3H3,(H,33,36)/t20-/m0/s1. The van der Waals surface area contributed by atoms with Crippen LogP contribution >= 0.6 is 0 Å². The normalized spacial score (nSPS) is 16.3. The Morgan fingerprint density at radius 1 is 1.07 bits per heavy atom. The summed E-state index contributed by atoms with van der Waals surface area (Å²) in [5.41, 5.74) is 1.70. The van der Waals surface area contributed by atoms with Gasteiger partial charge in [-0.2, -0.15) is 0 Å². The summed E-state index contributed by atoms with van der Waals surface area (Å²) in [7, 11) is -4.83. The number of nitrogens with zero attached hydrogens (tertiary/aromatic N) is 2. The van der Waals surface area contributed by atoms with Crippen LogP contribution in [0.1, 0.15) is 40.2 Å². The first-order valence-electron chi connectivity index (χ1n) is 13.5. The SMILES string of the molecule is CNC(=O)c1c(-c2ccc(F)cc2)oc2cc(N(C)S(C)(=O)=O)c([C@H]3CCCN(S(=O)(=O)Cc4ccccc4F)C3)cc12. The molecule has 1 amide bonds. The Morgan fingerprint density at radius 2 is 1.77 bits per heavy atom. The molecule has 13 heteroatoms. The molecule has 4 aromatic rings. The van der Waals surface area contributed by atoms with E-state index in [2.05, 4.69) is 5.32 Å². The van der Waals surface area contributed by atoms with E-state index < -0.39 is 49.3 Å². The van der Waals surface area contributed by atoms with Crippen LogP contribution in [0.5, 0.6) is 0 Å². The highest BCUT2D eigenvalue weighted by molar-refractivity contribution is 7.92. The molecule has 1 atom stereocenters. The molecule has 2 heterocycles. The maximum atomic E-state index is 14.3. The lowest BCUT2D eigenvalue weighted by Gasteiger charge is -2.34. The Hall–Kier alpha value is -3.81. The summed E-state index contributed by atoms with van der Waals surface area (Å²) in [6.07, 6.45) is 2.07. The van der Waals surface area contributed by atoms with Crippen LogP contribution in [0.2, 0.25) is 0 Å². The van der Waals surface area contributed by atoms with Gasteiger partial charge in [-0.1, -0.05) is 18.2 Å². The van der Waals surface area contributed by atoms with E-state index in [9.17, 15) is 30.4 Å². The number of fused-ring (bicyclic) bond motifs is 1. The van der Waals surface area contributed by atoms with Gasteiger partial charge in [0.2, 0.25) is 20.0 Å². The van der Waals surface area contributed by atoms with E-state index in [-0.39, 0.29) is 41.2 Å². The molecule has 9 nitrogen and oxygen atoms in total. The van der Waals surface area contributed by atoms with Crippen molar-refractivity contribution in [2.75, 3.05) is 37.7 Å². The van der Waals surface area contributed by atoms with Gasteiger partial charge >= 0.3 is 0 Å². The molecule has 1 saturated heterocycles. The first kappa shape index (κ1) is 30.6. The van der Waals surface area contributed by atoms with Crippen molar-refractivity contribution in [3.63, 3.8) is 0 Å². The van der Waals surface area contributed by atoms with Gasteiger partial charge in [-0.25, -0.2) is 29.9 Å². The quantitative estimate of drug-likeness (QED) is 0.298. The Morgan fingerprint density at radius 3 is 2.42 bits per heavy atom. The third-order valence-corrected chi connectivity index (χ3v) is 10.7. The lowest BCUT2D eigenvalue weighted by Crippen LogP contribution is -2.40. The van der Waals surface area contributed by atoms with Crippen molar-refractivity contribution in [1.29, 1.82) is 0 Å². The summed E-state index contributed by atoms with van der Waals surface area (Å²) in [5.74, 6) is -2.32. The van der Waals surface area contributed by atoms with Crippen molar-refractivity contribution in [2.45, 2.75) is 24.5 Å². The van der Waals surface area contributed by atoms with E-state index in [1.807, 2.05) is 0 Å². The summed E-state index contributed by atoms with van der Waals surface area (Å²) in [6, 6.07) is 14.3. The minimum absolute atomic E-state index is 0.0326. The van der Waals surface area contributed by atoms with Gasteiger partial charge < -0.3 is 9.73 Å². The van der Waals surface area contributed by atoms with E-state index in [0.717, 1.165) is 10.6 Å². The predicted octanol–water partition coefficient (Wildman–Crippen LogP) is 4.84. The maximum Gasteiger partial charge on any atom is 0.255 e. The second-order valence-corrected chi connectivity index (χ2v) is 14.6. The monoisotopic (exact) mass is 631 g/mol. The number of carbonyl (C=O) groups excluding carboxylic acids is 1. The molecule has 228 valence electrons. The summed E-state index contributed by atoms with van der Waals surface area (Å²) in [5, 5.41) is 2.99. The van der Waals surface area contributed by atoms with Gasteiger partial charge in [0.05, 0.1) is 23.3 Å². The zero-order valence-corrected chi connectivity index (χ0v) is 25.4. The molecule has 1 aliphatic rings. The molecule has 43 heavy (non-hydrogen) atoms. The number of piperidine rings is 1. The first-order chi connectivity index (χ1) is 20.3. The molecule has 0 saturated carbocycles. The zero-order valence-electron chi connectivity index (χ0n) is 23.8. The molecule has 5 rings (SSSR count). The van der Waals surface area contributed by atoms with Crippen LogP contribution < -0.4 is 9.62 Å². The van der Waals surface area contributed by atoms with Gasteiger partial charge in [-0.05, 0) is 60.7 Å². The minimum Gasteiger partial charge on any atom is -0.455 e. The average molecular weight is 632 g/mol. The first-order valence-corrected chi connectivity index (χ1v) is 17.0. The molecule has 0 aliphatic carbocycles. The number of hydrogen-bond donors (Lipinski definition) is 1. The Labute approximate surface area is 249 Å². The van der Waals surface area contributed by atoms with Gasteiger partial charge in [0, 0.05) is 49.8 Å². The van der Waals surface area contributed by atoms with Crippen molar-refractivity contribution in [3.05, 3.63) is 89.0 Å². The van der Waals surface area contributed by atoms with Crippen molar-refractivity contribution in [2.24, 2.45) is 0 Å². The number of halogens is 2. The number of benzene rings is 3. The van der Waals surface area contributed by atoms with Gasteiger partial charge in [0.15, 0.2) is 0 Å². The molecule has 0 bridgehead atoms. The number of nitrogens with one attached hydrogen (secondary N) is 1. The smallest absolute Gasteiger partial charge is 0.255 e. The van der Waals surface area contributed by atoms with Crippen LogP contribution in [0.25, 0.3) is 22.3 Å². The van der Waals surface area contributed by atoms with Crippen LogP contribution in [0.15, 0.2) is 65.1 Å². The molecule has 0 spiro atoms. The molecular formula is C30H31F2N3O6S2. The summed E-state index contributed by atoms with van der Waals surface area (Å²) in [6.45, 7) is 0.265. The minimum atomic E-state index is -3.92. The van der Waals surface area contributed by atoms with E-state index in [4.69, 9.17) is 4.42 Å². The van der Waals surface area contributed by atoms with Crippen molar-refractivity contribution in [1.82, 2.24) is 9.62 Å². The fourth-order valence-corrected chi connectivity index (χ4v) is 7.57. The van der Waals surface area contributed by atoms with Crippen LogP contribution in [0, 0.1) is 11.6 Å². The summed E-state index contributed by atoms with van der Waals surface area (Å²) < 4.78 is 88.7. The average Bonchev–Trinajstić information content (AvgIpc) is 3.35. The van der Waals surface area contributed by atoms with Crippen molar-refractivity contribution >= 4 is 42.6 Å². The maximum absolute atomic E-state index is 14.3. The van der Waals surface area contributed by atoms with Crippen LogP contribution in [-0.4, -0.2) is 60.5 Å². The third kappa shape index (κ3) is 6.15. The zero-order chi connectivity index (χ0) is 31.1. The number of rotatable bonds is 8. The second kappa shape index (κ2) is 11.7. The number of furan rings is 1. The topological polar surface area (TPSA) is 117 Å². The van der Waals surface area contributed by atoms with Gasteiger partial charge in [-0.15, -0.1) is 0 Å². The van der Waals surface area contributed by atoms with Crippen LogP contribution in [-0.2, 0) is 25.8 Å². The van der Waals surface area contributed by atoms with E-state index in [1.165, 1.54) is 66.9 Å².